The van der Waals surface area contributed by atoms with Crippen LogP contribution in [0.2, 0.25) is 0 Å². The Hall–Kier alpha value is -2.46. The second kappa shape index (κ2) is 6.31. The number of nitrogens with two attached hydrogens (primary N) is 2. The topological polar surface area (TPSA) is 80.0 Å². The molecule has 0 aromatic heterocycles. The normalized spacial score (nSPS) is 20.4. The van der Waals surface area contributed by atoms with Crippen LogP contribution < -0.4 is 16.4 Å². The number of hydrogen-bond donors (Lipinski definition) is 2. The highest BCUT2D eigenvalue weighted by atomic mass is 19.4. The Morgan fingerprint density at radius 2 is 1.56 bits per heavy atom. The molecule has 0 unspecified atom stereocenters. The van der Waals surface area contributed by atoms with Gasteiger partial charge in [0.25, 0.3) is 0 Å². The summed E-state index contributed by atoms with van der Waals surface area (Å²) in [5, 5.41) is 0. The first kappa shape index (κ1) is 19.3. The van der Waals surface area contributed by atoms with Gasteiger partial charge in [-0.15, -0.1) is 0 Å². The van der Waals surface area contributed by atoms with Gasteiger partial charge >= 0.3 is 12.4 Å². The molecule has 11 heteroatoms. The largest absolute Gasteiger partial charge is 0.418 e. The first-order chi connectivity index (χ1) is 12.4. The summed E-state index contributed by atoms with van der Waals surface area (Å²) in [5.41, 5.74) is 7.03. The quantitative estimate of drug-likeness (QED) is 0.712. The fourth-order valence-electron chi connectivity index (χ4n) is 3.60. The van der Waals surface area contributed by atoms with Gasteiger partial charge in [0.1, 0.15) is 5.66 Å². The van der Waals surface area contributed by atoms with E-state index >= 15 is 0 Å². The number of benzene rings is 1. The minimum Gasteiger partial charge on any atom is -0.369 e. The van der Waals surface area contributed by atoms with E-state index in [1.54, 1.807) is 0 Å². The van der Waals surface area contributed by atoms with Gasteiger partial charge in [0.15, 0.2) is 0 Å². The zero-order chi connectivity index (χ0) is 20.0. The molecule has 0 amide bonds. The number of hydrogen-bond acceptors (Lipinski definition) is 5. The summed E-state index contributed by atoms with van der Waals surface area (Å²) in [6, 6.07) is 1.25. The molecule has 1 aliphatic carbocycles. The van der Waals surface area contributed by atoms with Crippen LogP contribution in [0.15, 0.2) is 28.2 Å². The molecule has 148 valence electrons. The lowest BCUT2D eigenvalue weighted by atomic mass is 9.86. The van der Waals surface area contributed by atoms with Crippen molar-refractivity contribution < 1.29 is 26.3 Å². The first-order valence-corrected chi connectivity index (χ1v) is 8.22. The van der Waals surface area contributed by atoms with Crippen molar-refractivity contribution in [1.29, 1.82) is 0 Å². The van der Waals surface area contributed by atoms with Crippen molar-refractivity contribution in [3.8, 4) is 0 Å². The van der Waals surface area contributed by atoms with Crippen molar-refractivity contribution >= 4 is 17.6 Å². The Kier molecular flexibility index (Phi) is 4.51. The zero-order valence-electron chi connectivity index (χ0n) is 14.0. The first-order valence-electron chi connectivity index (χ1n) is 8.22. The van der Waals surface area contributed by atoms with Crippen LogP contribution in [-0.2, 0) is 12.4 Å². The van der Waals surface area contributed by atoms with Gasteiger partial charge in [-0.25, -0.2) is 4.99 Å². The summed E-state index contributed by atoms with van der Waals surface area (Å²) >= 11 is 0. The zero-order valence-corrected chi connectivity index (χ0v) is 14.0. The molecule has 27 heavy (non-hydrogen) atoms. The molecular formula is C16H17F6N5. The van der Waals surface area contributed by atoms with E-state index in [1.165, 1.54) is 0 Å². The predicted molar refractivity (Wildman–Crippen MR) is 88.0 cm³/mol. The lowest BCUT2D eigenvalue weighted by Crippen LogP contribution is -2.58. The molecule has 0 bridgehead atoms. The fraction of sp³-hybridized carbons (Fsp3) is 0.500. The molecule has 4 N–H and O–H groups in total. The van der Waals surface area contributed by atoms with Gasteiger partial charge in [0.2, 0.25) is 11.9 Å². The molecule has 1 heterocycles. The third-order valence-electron chi connectivity index (χ3n) is 4.72. The van der Waals surface area contributed by atoms with E-state index in [2.05, 4.69) is 9.98 Å². The lowest BCUT2D eigenvalue weighted by molar-refractivity contribution is -0.141. The number of alkyl halides is 6. The molecule has 5 nitrogen and oxygen atoms in total. The molecule has 0 saturated heterocycles. The van der Waals surface area contributed by atoms with E-state index in [1.807, 2.05) is 0 Å². The van der Waals surface area contributed by atoms with Gasteiger partial charge in [-0.1, -0.05) is 6.42 Å². The molecule has 1 aromatic carbocycles. The summed E-state index contributed by atoms with van der Waals surface area (Å²) in [6.07, 6.45) is -7.02. The van der Waals surface area contributed by atoms with Crippen LogP contribution in [0.5, 0.6) is 0 Å². The monoisotopic (exact) mass is 393 g/mol. The van der Waals surface area contributed by atoms with Gasteiger partial charge in [-0.3, -0.25) is 4.90 Å². The Labute approximate surface area is 150 Å². The standard InChI is InChI=1S/C16H17F6N5/c17-15(18,19)9-4-5-10(16(20,21)22)11(8-9)27-13(24)25-12(23)26-14(27)6-2-1-3-7-14/h4-5,8H,1-3,6-7H2,(H4,23,24,25,26). The van der Waals surface area contributed by atoms with Crippen LogP contribution in [0.1, 0.15) is 43.2 Å². The molecule has 1 aliphatic heterocycles. The Morgan fingerprint density at radius 1 is 0.926 bits per heavy atom. The lowest BCUT2D eigenvalue weighted by Gasteiger charge is -2.46. The SMILES string of the molecule is NC1=NC2(CCCCC2)N(c2cc(C(F)(F)F)ccc2C(F)(F)F)C(N)=N1. The molecule has 2 aliphatic rings. The van der Waals surface area contributed by atoms with E-state index in [-0.39, 0.29) is 5.96 Å². The van der Waals surface area contributed by atoms with Crippen molar-refractivity contribution in [2.75, 3.05) is 4.90 Å². The van der Waals surface area contributed by atoms with E-state index in [9.17, 15) is 26.3 Å². The molecule has 0 atom stereocenters. The third-order valence-corrected chi connectivity index (χ3v) is 4.72. The summed E-state index contributed by atoms with van der Waals surface area (Å²) in [7, 11) is 0. The van der Waals surface area contributed by atoms with Gasteiger partial charge in [0.05, 0.1) is 16.8 Å². The number of aliphatic imine (C=N–C) groups is 2. The summed E-state index contributed by atoms with van der Waals surface area (Å²) in [6.45, 7) is 0. The van der Waals surface area contributed by atoms with Crippen LogP contribution in [0.25, 0.3) is 0 Å². The van der Waals surface area contributed by atoms with Crippen LogP contribution in [0.4, 0.5) is 32.0 Å². The van der Waals surface area contributed by atoms with E-state index in [0.717, 1.165) is 11.3 Å². The fourth-order valence-corrected chi connectivity index (χ4v) is 3.60. The van der Waals surface area contributed by atoms with Crippen LogP contribution in [0.3, 0.4) is 0 Å². The third kappa shape index (κ3) is 3.54. The average Bonchev–Trinajstić information content (AvgIpc) is 2.52. The molecule has 1 spiro atoms. The Balaban J connectivity index is 2.24. The summed E-state index contributed by atoms with van der Waals surface area (Å²) in [4.78, 5) is 8.86. The molecule has 1 saturated carbocycles. The van der Waals surface area contributed by atoms with E-state index < -0.39 is 40.8 Å². The number of halogens is 6. The van der Waals surface area contributed by atoms with Crippen molar-refractivity contribution in [1.82, 2.24) is 0 Å². The molecular weight excluding hydrogens is 376 g/mol. The van der Waals surface area contributed by atoms with Gasteiger partial charge in [-0.05, 0) is 43.9 Å². The predicted octanol–water partition coefficient (Wildman–Crippen LogP) is 3.83. The minimum atomic E-state index is -4.89. The molecule has 0 radical (unpaired) electrons. The maximum Gasteiger partial charge on any atom is 0.418 e. The summed E-state index contributed by atoms with van der Waals surface area (Å²) in [5.74, 6) is -0.611. The highest BCUT2D eigenvalue weighted by Gasteiger charge is 2.47. The average molecular weight is 393 g/mol. The van der Waals surface area contributed by atoms with Crippen LogP contribution >= 0.6 is 0 Å². The smallest absolute Gasteiger partial charge is 0.369 e. The minimum absolute atomic E-state index is 0.203. The number of anilines is 1. The van der Waals surface area contributed by atoms with Gasteiger partial charge in [0, 0.05) is 0 Å². The number of rotatable bonds is 1. The van der Waals surface area contributed by atoms with Crippen LogP contribution in [0, 0.1) is 0 Å². The van der Waals surface area contributed by atoms with Crippen molar-refractivity contribution in [2.24, 2.45) is 21.5 Å². The van der Waals surface area contributed by atoms with E-state index in [4.69, 9.17) is 11.5 Å². The summed E-state index contributed by atoms with van der Waals surface area (Å²) < 4.78 is 80.1. The molecule has 1 aromatic rings. The second-order valence-electron chi connectivity index (χ2n) is 6.55. The van der Waals surface area contributed by atoms with E-state index in [0.29, 0.717) is 43.9 Å². The van der Waals surface area contributed by atoms with Gasteiger partial charge in [-0.2, -0.15) is 31.3 Å². The highest BCUT2D eigenvalue weighted by molar-refractivity contribution is 6.06. The Bertz CT molecular complexity index is 789. The number of guanidine groups is 2. The Morgan fingerprint density at radius 3 is 2.11 bits per heavy atom. The molecule has 1 fully saturated rings. The molecule has 3 rings (SSSR count). The van der Waals surface area contributed by atoms with Crippen molar-refractivity contribution in [3.05, 3.63) is 29.3 Å². The maximum absolute atomic E-state index is 13.5. The second-order valence-corrected chi connectivity index (χ2v) is 6.55. The van der Waals surface area contributed by atoms with Gasteiger partial charge < -0.3 is 11.5 Å². The maximum atomic E-state index is 13.5. The van der Waals surface area contributed by atoms with Crippen LogP contribution in [-0.4, -0.2) is 17.6 Å². The number of nitrogens with zero attached hydrogens (tertiary/aromatic N) is 3. The van der Waals surface area contributed by atoms with Crippen molar-refractivity contribution in [3.63, 3.8) is 0 Å². The highest BCUT2D eigenvalue weighted by Crippen LogP contribution is 2.46. The van der Waals surface area contributed by atoms with Crippen molar-refractivity contribution in [2.45, 2.75) is 50.1 Å².